The second-order valence-electron chi connectivity index (χ2n) is 5.08. The summed E-state index contributed by atoms with van der Waals surface area (Å²) >= 11 is 0. The van der Waals surface area contributed by atoms with Gasteiger partial charge in [0.2, 0.25) is 6.41 Å². The molecule has 0 aromatic rings. The fourth-order valence-corrected chi connectivity index (χ4v) is 2.67. The fourth-order valence-electron chi connectivity index (χ4n) is 2.67. The minimum Gasteiger partial charge on any atom is -0.343 e. The van der Waals surface area contributed by atoms with Crippen molar-refractivity contribution in [2.45, 2.75) is 13.0 Å². The molecule has 2 saturated heterocycles. The van der Waals surface area contributed by atoms with Gasteiger partial charge in [-0.1, -0.05) is 0 Å². The molecule has 2 aliphatic heterocycles. The summed E-state index contributed by atoms with van der Waals surface area (Å²) in [7, 11) is 0. The van der Waals surface area contributed by atoms with E-state index in [4.69, 9.17) is 0 Å². The monoisotopic (exact) mass is 240 g/mol. The Morgan fingerprint density at radius 3 is 2.35 bits per heavy atom. The molecule has 1 amide bonds. The van der Waals surface area contributed by atoms with Gasteiger partial charge in [-0.25, -0.2) is 0 Å². The van der Waals surface area contributed by atoms with Gasteiger partial charge in [0.15, 0.2) is 0 Å². The van der Waals surface area contributed by atoms with Gasteiger partial charge in [-0.2, -0.15) is 0 Å². The molecule has 5 heteroatoms. The lowest BCUT2D eigenvalue weighted by Crippen LogP contribution is -2.54. The van der Waals surface area contributed by atoms with Gasteiger partial charge in [0, 0.05) is 64.9 Å². The summed E-state index contributed by atoms with van der Waals surface area (Å²) < 4.78 is 0. The second kappa shape index (κ2) is 6.33. The largest absolute Gasteiger partial charge is 0.343 e. The number of hydrogen-bond donors (Lipinski definition) is 1. The normalized spacial score (nSPS) is 25.8. The molecular weight excluding hydrogens is 216 g/mol. The molecule has 1 atom stereocenters. The van der Waals surface area contributed by atoms with Gasteiger partial charge in [-0.15, -0.1) is 0 Å². The third kappa shape index (κ3) is 3.66. The van der Waals surface area contributed by atoms with Crippen molar-refractivity contribution in [2.24, 2.45) is 0 Å². The number of nitrogens with one attached hydrogen (secondary N) is 1. The van der Waals surface area contributed by atoms with Crippen molar-refractivity contribution < 1.29 is 4.79 Å². The standard InChI is InChI=1S/C12H24N4O/c1-12(10-14-4-2-13-3-5-14)16-8-6-15(11-17)7-9-16/h11-13H,2-10H2,1H3. The van der Waals surface area contributed by atoms with E-state index in [9.17, 15) is 4.79 Å². The van der Waals surface area contributed by atoms with Gasteiger partial charge in [0.1, 0.15) is 0 Å². The van der Waals surface area contributed by atoms with Crippen molar-refractivity contribution in [1.82, 2.24) is 20.0 Å². The van der Waals surface area contributed by atoms with Crippen LogP contribution in [0.3, 0.4) is 0 Å². The fraction of sp³-hybridized carbons (Fsp3) is 0.917. The van der Waals surface area contributed by atoms with Gasteiger partial charge in [-0.3, -0.25) is 14.6 Å². The van der Waals surface area contributed by atoms with E-state index in [-0.39, 0.29) is 0 Å². The molecule has 2 heterocycles. The number of piperazine rings is 2. The van der Waals surface area contributed by atoms with Crippen LogP contribution in [0.15, 0.2) is 0 Å². The summed E-state index contributed by atoms with van der Waals surface area (Å²) in [6, 6.07) is 0.599. The summed E-state index contributed by atoms with van der Waals surface area (Å²) in [5.74, 6) is 0. The highest BCUT2D eigenvalue weighted by atomic mass is 16.1. The Morgan fingerprint density at radius 2 is 1.76 bits per heavy atom. The third-order valence-electron chi connectivity index (χ3n) is 3.85. The molecule has 1 N–H and O–H groups in total. The molecule has 2 aliphatic rings. The molecule has 1 unspecified atom stereocenters. The van der Waals surface area contributed by atoms with E-state index in [0.29, 0.717) is 6.04 Å². The molecule has 5 nitrogen and oxygen atoms in total. The predicted molar refractivity (Wildman–Crippen MR) is 68.0 cm³/mol. The van der Waals surface area contributed by atoms with Crippen LogP contribution in [0.1, 0.15) is 6.92 Å². The SMILES string of the molecule is CC(CN1CCNCC1)N1CCN(C=O)CC1. The van der Waals surface area contributed by atoms with Crippen LogP contribution in [0.2, 0.25) is 0 Å². The van der Waals surface area contributed by atoms with E-state index in [1.807, 2.05) is 4.90 Å². The Bertz CT molecular complexity index is 235. The van der Waals surface area contributed by atoms with Crippen LogP contribution < -0.4 is 5.32 Å². The first-order chi connectivity index (χ1) is 8.29. The quantitative estimate of drug-likeness (QED) is 0.643. The maximum absolute atomic E-state index is 10.6. The minimum absolute atomic E-state index is 0.599. The Labute approximate surface area is 104 Å². The van der Waals surface area contributed by atoms with E-state index < -0.39 is 0 Å². The first-order valence-electron chi connectivity index (χ1n) is 6.66. The Balaban J connectivity index is 1.72. The van der Waals surface area contributed by atoms with Crippen LogP contribution >= 0.6 is 0 Å². The predicted octanol–water partition coefficient (Wildman–Crippen LogP) is -0.946. The van der Waals surface area contributed by atoms with Crippen molar-refractivity contribution in [3.63, 3.8) is 0 Å². The maximum Gasteiger partial charge on any atom is 0.209 e. The maximum atomic E-state index is 10.6. The lowest BCUT2D eigenvalue weighted by atomic mass is 10.2. The molecule has 0 radical (unpaired) electrons. The molecule has 0 spiro atoms. The minimum atomic E-state index is 0.599. The highest BCUT2D eigenvalue weighted by Gasteiger charge is 2.22. The molecular formula is C12H24N4O. The zero-order valence-corrected chi connectivity index (χ0v) is 10.8. The van der Waals surface area contributed by atoms with E-state index in [1.165, 1.54) is 13.1 Å². The van der Waals surface area contributed by atoms with Crippen LogP contribution in [-0.2, 0) is 4.79 Å². The molecule has 0 bridgehead atoms. The zero-order chi connectivity index (χ0) is 12.1. The van der Waals surface area contributed by atoms with Crippen molar-refractivity contribution in [2.75, 3.05) is 58.9 Å². The van der Waals surface area contributed by atoms with E-state index in [1.54, 1.807) is 0 Å². The lowest BCUT2D eigenvalue weighted by molar-refractivity contribution is -0.120. The molecule has 0 aliphatic carbocycles. The third-order valence-corrected chi connectivity index (χ3v) is 3.85. The molecule has 2 fully saturated rings. The van der Waals surface area contributed by atoms with E-state index in [2.05, 4.69) is 22.0 Å². The highest BCUT2D eigenvalue weighted by Crippen LogP contribution is 2.07. The molecule has 0 aromatic heterocycles. The summed E-state index contributed by atoms with van der Waals surface area (Å²) in [6.45, 7) is 11.8. The Morgan fingerprint density at radius 1 is 1.12 bits per heavy atom. The molecule has 0 saturated carbocycles. The molecule has 98 valence electrons. The van der Waals surface area contributed by atoms with Crippen LogP contribution in [-0.4, -0.2) is 86.1 Å². The van der Waals surface area contributed by atoms with Gasteiger partial charge in [0.25, 0.3) is 0 Å². The number of carbonyl (C=O) groups is 1. The topological polar surface area (TPSA) is 38.8 Å². The first-order valence-corrected chi connectivity index (χ1v) is 6.66. The average Bonchev–Trinajstić information content (AvgIpc) is 2.40. The molecule has 0 aromatic carbocycles. The van der Waals surface area contributed by atoms with Crippen LogP contribution in [0.25, 0.3) is 0 Å². The summed E-state index contributed by atoms with van der Waals surface area (Å²) in [6.07, 6.45) is 0.971. The van der Waals surface area contributed by atoms with E-state index in [0.717, 1.165) is 52.2 Å². The summed E-state index contributed by atoms with van der Waals surface area (Å²) in [5.41, 5.74) is 0. The van der Waals surface area contributed by atoms with Crippen molar-refractivity contribution in [3.8, 4) is 0 Å². The van der Waals surface area contributed by atoms with E-state index >= 15 is 0 Å². The number of hydrogen-bond acceptors (Lipinski definition) is 4. The second-order valence-corrected chi connectivity index (χ2v) is 5.08. The number of rotatable bonds is 4. The van der Waals surface area contributed by atoms with Gasteiger partial charge in [-0.05, 0) is 6.92 Å². The molecule has 17 heavy (non-hydrogen) atoms. The summed E-state index contributed by atoms with van der Waals surface area (Å²) in [5, 5.41) is 3.38. The Hall–Kier alpha value is -0.650. The van der Waals surface area contributed by atoms with Gasteiger partial charge in [0.05, 0.1) is 0 Å². The smallest absolute Gasteiger partial charge is 0.209 e. The zero-order valence-electron chi connectivity index (χ0n) is 10.8. The number of carbonyl (C=O) groups excluding carboxylic acids is 1. The number of nitrogens with zero attached hydrogens (tertiary/aromatic N) is 3. The first kappa shape index (κ1) is 12.8. The number of amides is 1. The van der Waals surface area contributed by atoms with Gasteiger partial charge >= 0.3 is 0 Å². The van der Waals surface area contributed by atoms with Crippen LogP contribution in [0.5, 0.6) is 0 Å². The lowest BCUT2D eigenvalue weighted by Gasteiger charge is -2.39. The summed E-state index contributed by atoms with van der Waals surface area (Å²) in [4.78, 5) is 17.6. The Kier molecular flexibility index (Phi) is 4.76. The highest BCUT2D eigenvalue weighted by molar-refractivity contribution is 5.47. The van der Waals surface area contributed by atoms with Crippen molar-refractivity contribution >= 4 is 6.41 Å². The van der Waals surface area contributed by atoms with Crippen molar-refractivity contribution in [3.05, 3.63) is 0 Å². The van der Waals surface area contributed by atoms with Crippen molar-refractivity contribution in [1.29, 1.82) is 0 Å². The van der Waals surface area contributed by atoms with Crippen LogP contribution in [0, 0.1) is 0 Å². The molecule has 2 rings (SSSR count). The average molecular weight is 240 g/mol. The van der Waals surface area contributed by atoms with Gasteiger partial charge < -0.3 is 10.2 Å². The van der Waals surface area contributed by atoms with Crippen LogP contribution in [0.4, 0.5) is 0 Å².